The quantitative estimate of drug-likeness (QED) is 0.868. The fraction of sp³-hybridized carbons (Fsp3) is 0.533. The molecule has 1 amide bonds. The Labute approximate surface area is 128 Å². The highest BCUT2D eigenvalue weighted by molar-refractivity contribution is 6.29. The van der Waals surface area contributed by atoms with Crippen LogP contribution in [0.15, 0.2) is 18.3 Å². The first-order valence-corrected chi connectivity index (χ1v) is 7.44. The van der Waals surface area contributed by atoms with E-state index in [0.717, 1.165) is 32.1 Å². The molecule has 0 bridgehead atoms. The number of pyridine rings is 1. The van der Waals surface area contributed by atoms with Gasteiger partial charge in [-0.3, -0.25) is 9.59 Å². The number of hydrogen-bond acceptors (Lipinski definition) is 3. The first kappa shape index (κ1) is 15.8. The lowest BCUT2D eigenvalue weighted by atomic mass is 9.78. The van der Waals surface area contributed by atoms with E-state index in [-0.39, 0.29) is 12.3 Å². The molecule has 1 aliphatic carbocycles. The van der Waals surface area contributed by atoms with E-state index in [1.165, 1.54) is 6.20 Å². The van der Waals surface area contributed by atoms with Crippen molar-refractivity contribution in [1.82, 2.24) is 9.88 Å². The summed E-state index contributed by atoms with van der Waals surface area (Å²) in [5.74, 6) is -1.08. The van der Waals surface area contributed by atoms with Gasteiger partial charge in [0.05, 0.1) is 17.5 Å². The minimum atomic E-state index is -0.870. The van der Waals surface area contributed by atoms with Crippen LogP contribution in [0.1, 0.15) is 48.9 Å². The number of hydrogen-bond donors (Lipinski definition) is 1. The maximum Gasteiger partial charge on any atom is 0.305 e. The third-order valence-corrected chi connectivity index (χ3v) is 4.48. The average molecular weight is 311 g/mol. The molecule has 21 heavy (non-hydrogen) atoms. The Hall–Kier alpha value is -1.62. The number of rotatable bonds is 4. The van der Waals surface area contributed by atoms with Crippen molar-refractivity contribution < 1.29 is 14.7 Å². The number of aliphatic carboxylic acids is 1. The summed E-state index contributed by atoms with van der Waals surface area (Å²) in [7, 11) is 1.69. The Bertz CT molecular complexity index is 524. The Morgan fingerprint density at radius 1 is 1.33 bits per heavy atom. The molecule has 1 aromatic heterocycles. The van der Waals surface area contributed by atoms with Crippen LogP contribution >= 0.6 is 11.6 Å². The van der Waals surface area contributed by atoms with Crippen molar-refractivity contribution in [3.63, 3.8) is 0 Å². The number of carboxylic acid groups (broad SMARTS) is 1. The molecule has 114 valence electrons. The molecule has 1 fully saturated rings. The molecule has 0 aromatic carbocycles. The van der Waals surface area contributed by atoms with Crippen molar-refractivity contribution >= 4 is 23.5 Å². The molecule has 1 aromatic rings. The molecule has 0 unspecified atom stereocenters. The summed E-state index contributed by atoms with van der Waals surface area (Å²) in [6, 6.07) is 3.18. The van der Waals surface area contributed by atoms with Crippen molar-refractivity contribution in [3.8, 4) is 0 Å². The zero-order valence-corrected chi connectivity index (χ0v) is 12.8. The van der Waals surface area contributed by atoms with Crippen LogP contribution in [0.5, 0.6) is 0 Å². The van der Waals surface area contributed by atoms with Crippen LogP contribution in [-0.4, -0.2) is 39.5 Å². The predicted octanol–water partition coefficient (Wildman–Crippen LogP) is 2.98. The molecule has 1 aliphatic rings. The molecule has 1 saturated carbocycles. The number of halogens is 1. The van der Waals surface area contributed by atoms with Crippen LogP contribution in [-0.2, 0) is 4.79 Å². The van der Waals surface area contributed by atoms with Gasteiger partial charge in [0, 0.05) is 13.2 Å². The van der Waals surface area contributed by atoms with Crippen LogP contribution in [0.2, 0.25) is 5.15 Å². The van der Waals surface area contributed by atoms with Gasteiger partial charge in [-0.25, -0.2) is 4.98 Å². The molecular weight excluding hydrogens is 292 g/mol. The zero-order chi connectivity index (χ0) is 15.5. The van der Waals surface area contributed by atoms with Gasteiger partial charge in [-0.15, -0.1) is 0 Å². The SMILES string of the molecule is CN(C(=O)c1ccc(Cl)nc1)C1(CC(=O)O)CCCCC1. The van der Waals surface area contributed by atoms with Gasteiger partial charge < -0.3 is 10.0 Å². The molecule has 0 aliphatic heterocycles. The van der Waals surface area contributed by atoms with E-state index in [9.17, 15) is 14.7 Å². The zero-order valence-electron chi connectivity index (χ0n) is 12.0. The van der Waals surface area contributed by atoms with E-state index in [1.807, 2.05) is 0 Å². The van der Waals surface area contributed by atoms with Gasteiger partial charge >= 0.3 is 5.97 Å². The molecule has 0 saturated heterocycles. The summed E-state index contributed by atoms with van der Waals surface area (Å²) in [6.07, 6.45) is 5.85. The normalized spacial score (nSPS) is 17.2. The number of aromatic nitrogens is 1. The van der Waals surface area contributed by atoms with Crippen molar-refractivity contribution in [3.05, 3.63) is 29.0 Å². The minimum absolute atomic E-state index is 0.0176. The first-order chi connectivity index (χ1) is 9.94. The van der Waals surface area contributed by atoms with E-state index in [1.54, 1.807) is 24.1 Å². The smallest absolute Gasteiger partial charge is 0.305 e. The molecule has 0 radical (unpaired) electrons. The molecule has 2 rings (SSSR count). The molecule has 1 N–H and O–H groups in total. The number of carbonyl (C=O) groups is 2. The number of carboxylic acids is 1. The Morgan fingerprint density at radius 2 is 2.00 bits per heavy atom. The van der Waals surface area contributed by atoms with Gasteiger partial charge in [-0.2, -0.15) is 0 Å². The number of nitrogens with zero attached hydrogens (tertiary/aromatic N) is 2. The van der Waals surface area contributed by atoms with Crippen molar-refractivity contribution in [2.45, 2.75) is 44.1 Å². The molecule has 0 atom stereocenters. The molecule has 5 nitrogen and oxygen atoms in total. The van der Waals surface area contributed by atoms with Crippen molar-refractivity contribution in [1.29, 1.82) is 0 Å². The summed E-state index contributed by atoms with van der Waals surface area (Å²) in [5.41, 5.74) is -0.168. The molecule has 6 heteroatoms. The third kappa shape index (κ3) is 3.53. The van der Waals surface area contributed by atoms with Crippen molar-refractivity contribution in [2.24, 2.45) is 0 Å². The molecular formula is C15H19ClN2O3. The Balaban J connectivity index is 2.24. The predicted molar refractivity (Wildman–Crippen MR) is 79.4 cm³/mol. The Kier molecular flexibility index (Phi) is 4.83. The molecule has 1 heterocycles. The van der Waals surface area contributed by atoms with Gasteiger partial charge in [-0.05, 0) is 25.0 Å². The summed E-state index contributed by atoms with van der Waals surface area (Å²) in [5, 5.41) is 9.53. The van der Waals surface area contributed by atoms with Gasteiger partial charge in [-0.1, -0.05) is 30.9 Å². The van der Waals surface area contributed by atoms with Gasteiger partial charge in [0.15, 0.2) is 0 Å². The summed E-state index contributed by atoms with van der Waals surface area (Å²) >= 11 is 5.73. The van der Waals surface area contributed by atoms with E-state index in [2.05, 4.69) is 4.98 Å². The van der Waals surface area contributed by atoms with Crippen LogP contribution < -0.4 is 0 Å². The highest BCUT2D eigenvalue weighted by atomic mass is 35.5. The second-order valence-electron chi connectivity index (χ2n) is 5.59. The monoisotopic (exact) mass is 310 g/mol. The van der Waals surface area contributed by atoms with Crippen LogP contribution in [0.4, 0.5) is 0 Å². The van der Waals surface area contributed by atoms with E-state index in [0.29, 0.717) is 10.7 Å². The minimum Gasteiger partial charge on any atom is -0.481 e. The highest BCUT2D eigenvalue weighted by Gasteiger charge is 2.40. The van der Waals surface area contributed by atoms with Gasteiger partial charge in [0.25, 0.3) is 5.91 Å². The largest absolute Gasteiger partial charge is 0.481 e. The summed E-state index contributed by atoms with van der Waals surface area (Å²) in [6.45, 7) is 0. The van der Waals surface area contributed by atoms with Gasteiger partial charge in [0.2, 0.25) is 0 Å². The van der Waals surface area contributed by atoms with Gasteiger partial charge in [0.1, 0.15) is 5.15 Å². The Morgan fingerprint density at radius 3 is 2.52 bits per heavy atom. The van der Waals surface area contributed by atoms with E-state index < -0.39 is 11.5 Å². The van der Waals surface area contributed by atoms with Crippen LogP contribution in [0, 0.1) is 0 Å². The van der Waals surface area contributed by atoms with E-state index >= 15 is 0 Å². The lowest BCUT2D eigenvalue weighted by Gasteiger charge is -2.43. The highest BCUT2D eigenvalue weighted by Crippen LogP contribution is 2.36. The van der Waals surface area contributed by atoms with Crippen LogP contribution in [0.25, 0.3) is 0 Å². The maximum atomic E-state index is 12.6. The fourth-order valence-electron chi connectivity index (χ4n) is 3.03. The summed E-state index contributed by atoms with van der Waals surface area (Å²) in [4.78, 5) is 29.3. The number of carbonyl (C=O) groups excluding carboxylic acids is 1. The average Bonchev–Trinajstić information content (AvgIpc) is 2.47. The second-order valence-corrected chi connectivity index (χ2v) is 5.98. The standard InChI is InChI=1S/C15H19ClN2O3/c1-18(14(21)11-5-6-12(16)17-10-11)15(9-13(19)20)7-3-2-4-8-15/h5-6,10H,2-4,7-9H2,1H3,(H,19,20). The van der Waals surface area contributed by atoms with Crippen LogP contribution in [0.3, 0.4) is 0 Å². The summed E-state index contributed by atoms with van der Waals surface area (Å²) < 4.78 is 0. The third-order valence-electron chi connectivity index (χ3n) is 4.26. The lowest BCUT2D eigenvalue weighted by molar-refractivity contribution is -0.140. The lowest BCUT2D eigenvalue weighted by Crippen LogP contribution is -2.52. The maximum absolute atomic E-state index is 12.6. The second kappa shape index (κ2) is 6.43. The number of amides is 1. The first-order valence-electron chi connectivity index (χ1n) is 7.06. The van der Waals surface area contributed by atoms with Crippen molar-refractivity contribution in [2.75, 3.05) is 7.05 Å². The van der Waals surface area contributed by atoms with E-state index in [4.69, 9.17) is 11.6 Å². The topological polar surface area (TPSA) is 70.5 Å². The fourth-order valence-corrected chi connectivity index (χ4v) is 3.15. The molecule has 0 spiro atoms.